The van der Waals surface area contributed by atoms with Crippen LogP contribution < -0.4 is 10.5 Å². The molecule has 0 aliphatic rings. The molecule has 6 nitrogen and oxygen atoms in total. The van der Waals surface area contributed by atoms with Gasteiger partial charge >= 0.3 is 0 Å². The molecule has 2 rings (SSSR count). The Hall–Kier alpha value is -1.99. The second-order valence-electron chi connectivity index (χ2n) is 4.41. The van der Waals surface area contributed by atoms with E-state index in [9.17, 15) is 10.1 Å². The Morgan fingerprint density at radius 2 is 2.19 bits per heavy atom. The van der Waals surface area contributed by atoms with Crippen molar-refractivity contribution in [2.75, 3.05) is 0 Å². The SMILES string of the molecule is CC[C@@H](N)c1ccc(Oc2cc([N+](=O)[O-])ccc2Br)cn1. The molecule has 0 aliphatic carbocycles. The van der Waals surface area contributed by atoms with Gasteiger partial charge in [0.25, 0.3) is 5.69 Å². The Kier molecular flexibility index (Phi) is 4.87. The molecule has 1 heterocycles. The maximum Gasteiger partial charge on any atom is 0.273 e. The maximum atomic E-state index is 10.8. The van der Waals surface area contributed by atoms with Gasteiger partial charge in [-0.15, -0.1) is 0 Å². The van der Waals surface area contributed by atoms with E-state index in [1.807, 2.05) is 6.92 Å². The largest absolute Gasteiger partial charge is 0.454 e. The summed E-state index contributed by atoms with van der Waals surface area (Å²) in [5.41, 5.74) is 6.63. The summed E-state index contributed by atoms with van der Waals surface area (Å²) >= 11 is 3.30. The Morgan fingerprint density at radius 1 is 1.43 bits per heavy atom. The van der Waals surface area contributed by atoms with Crippen LogP contribution in [0.3, 0.4) is 0 Å². The topological polar surface area (TPSA) is 91.3 Å². The summed E-state index contributed by atoms with van der Waals surface area (Å²) < 4.78 is 6.24. The standard InChI is InChI=1S/C14H14BrN3O3/c1-2-12(16)13-6-4-10(8-17-13)21-14-7-9(18(19)20)3-5-11(14)15/h3-8,12H,2,16H2,1H3/t12-/m1/s1. The van der Waals surface area contributed by atoms with E-state index >= 15 is 0 Å². The Bertz CT molecular complexity index is 646. The number of benzene rings is 1. The molecule has 0 aliphatic heterocycles. The molecule has 0 amide bonds. The van der Waals surface area contributed by atoms with Crippen molar-refractivity contribution in [1.82, 2.24) is 4.98 Å². The van der Waals surface area contributed by atoms with Crippen molar-refractivity contribution >= 4 is 21.6 Å². The minimum absolute atomic E-state index is 0.0363. The molecule has 0 fully saturated rings. The average molecular weight is 352 g/mol. The lowest BCUT2D eigenvalue weighted by Crippen LogP contribution is -2.10. The van der Waals surface area contributed by atoms with Crippen molar-refractivity contribution in [2.45, 2.75) is 19.4 Å². The third-order valence-corrected chi connectivity index (χ3v) is 3.59. The van der Waals surface area contributed by atoms with Crippen molar-refractivity contribution < 1.29 is 9.66 Å². The molecule has 1 aromatic carbocycles. The van der Waals surface area contributed by atoms with Crippen LogP contribution in [0.2, 0.25) is 0 Å². The van der Waals surface area contributed by atoms with Gasteiger partial charge in [-0.3, -0.25) is 15.1 Å². The molecule has 1 atom stereocenters. The highest BCUT2D eigenvalue weighted by molar-refractivity contribution is 9.10. The van der Waals surface area contributed by atoms with Gasteiger partial charge in [0, 0.05) is 12.1 Å². The monoisotopic (exact) mass is 351 g/mol. The summed E-state index contributed by atoms with van der Waals surface area (Å²) in [5.74, 6) is 0.849. The molecule has 2 N–H and O–H groups in total. The Morgan fingerprint density at radius 3 is 2.76 bits per heavy atom. The van der Waals surface area contributed by atoms with Crippen LogP contribution in [0.1, 0.15) is 25.1 Å². The van der Waals surface area contributed by atoms with Crippen molar-refractivity contribution in [1.29, 1.82) is 0 Å². The molecule has 0 saturated heterocycles. The van der Waals surface area contributed by atoms with E-state index < -0.39 is 4.92 Å². The molecule has 2 aromatic rings. The third kappa shape index (κ3) is 3.77. The van der Waals surface area contributed by atoms with Gasteiger partial charge in [0.05, 0.1) is 27.4 Å². The molecular weight excluding hydrogens is 338 g/mol. The predicted octanol–water partition coefficient (Wildman–Crippen LogP) is 3.95. The van der Waals surface area contributed by atoms with Gasteiger partial charge in [0.15, 0.2) is 0 Å². The van der Waals surface area contributed by atoms with Crippen LogP contribution in [0.5, 0.6) is 11.5 Å². The number of aromatic nitrogens is 1. The van der Waals surface area contributed by atoms with E-state index in [0.717, 1.165) is 12.1 Å². The van der Waals surface area contributed by atoms with Crippen LogP contribution in [0.4, 0.5) is 5.69 Å². The van der Waals surface area contributed by atoms with Gasteiger partial charge in [-0.1, -0.05) is 6.92 Å². The number of pyridine rings is 1. The number of nitro groups is 1. The first-order valence-corrected chi connectivity index (χ1v) is 7.14. The summed E-state index contributed by atoms with van der Waals surface area (Å²) in [6.07, 6.45) is 2.35. The van der Waals surface area contributed by atoms with Gasteiger partial charge in [-0.05, 0) is 40.5 Å². The zero-order valence-corrected chi connectivity index (χ0v) is 12.9. The van der Waals surface area contributed by atoms with Crippen LogP contribution >= 0.6 is 15.9 Å². The summed E-state index contributed by atoms with van der Waals surface area (Å²) in [7, 11) is 0. The second kappa shape index (κ2) is 6.64. The fourth-order valence-corrected chi connectivity index (χ4v) is 2.02. The number of hydrogen-bond donors (Lipinski definition) is 1. The van der Waals surface area contributed by atoms with E-state index in [1.54, 1.807) is 24.4 Å². The number of nitrogens with two attached hydrogens (primary N) is 1. The summed E-state index contributed by atoms with van der Waals surface area (Å²) in [6.45, 7) is 1.98. The van der Waals surface area contributed by atoms with E-state index in [1.165, 1.54) is 12.1 Å². The molecule has 1 aromatic heterocycles. The van der Waals surface area contributed by atoms with E-state index in [2.05, 4.69) is 20.9 Å². The summed E-state index contributed by atoms with van der Waals surface area (Å²) in [6, 6.07) is 7.75. The van der Waals surface area contributed by atoms with Crippen LogP contribution in [0.15, 0.2) is 41.0 Å². The molecule has 0 spiro atoms. The molecule has 0 unspecified atom stereocenters. The number of halogens is 1. The van der Waals surface area contributed by atoms with Gasteiger partial charge in [0.1, 0.15) is 11.5 Å². The molecule has 21 heavy (non-hydrogen) atoms. The predicted molar refractivity (Wildman–Crippen MR) is 82.3 cm³/mol. The van der Waals surface area contributed by atoms with E-state index in [0.29, 0.717) is 16.0 Å². The smallest absolute Gasteiger partial charge is 0.273 e. The zero-order valence-electron chi connectivity index (χ0n) is 11.3. The molecule has 7 heteroatoms. The maximum absolute atomic E-state index is 10.8. The fraction of sp³-hybridized carbons (Fsp3) is 0.214. The number of ether oxygens (including phenoxy) is 1. The normalized spacial score (nSPS) is 12.0. The van der Waals surface area contributed by atoms with E-state index in [-0.39, 0.29) is 11.7 Å². The highest BCUT2D eigenvalue weighted by atomic mass is 79.9. The van der Waals surface area contributed by atoms with Crippen molar-refractivity contribution in [3.8, 4) is 11.5 Å². The first kappa shape index (κ1) is 15.4. The minimum atomic E-state index is -0.471. The minimum Gasteiger partial charge on any atom is -0.454 e. The number of non-ortho nitro benzene ring substituents is 1. The fourth-order valence-electron chi connectivity index (χ4n) is 1.69. The zero-order chi connectivity index (χ0) is 15.4. The second-order valence-corrected chi connectivity index (χ2v) is 5.26. The molecule has 0 radical (unpaired) electrons. The third-order valence-electron chi connectivity index (χ3n) is 2.93. The lowest BCUT2D eigenvalue weighted by atomic mass is 10.1. The highest BCUT2D eigenvalue weighted by Crippen LogP contribution is 2.32. The van der Waals surface area contributed by atoms with Crippen molar-refractivity contribution in [3.63, 3.8) is 0 Å². The molecular formula is C14H14BrN3O3. The lowest BCUT2D eigenvalue weighted by Gasteiger charge is -2.10. The first-order valence-electron chi connectivity index (χ1n) is 6.34. The van der Waals surface area contributed by atoms with Crippen molar-refractivity contribution in [3.05, 3.63) is 56.8 Å². The molecule has 110 valence electrons. The lowest BCUT2D eigenvalue weighted by molar-refractivity contribution is -0.384. The number of nitro benzene ring substituents is 1. The molecule has 0 bridgehead atoms. The van der Waals surface area contributed by atoms with E-state index in [4.69, 9.17) is 10.5 Å². The Labute approximate surface area is 130 Å². The quantitative estimate of drug-likeness (QED) is 0.650. The summed E-state index contributed by atoms with van der Waals surface area (Å²) in [4.78, 5) is 14.5. The van der Waals surface area contributed by atoms with Gasteiger partial charge in [-0.25, -0.2) is 0 Å². The first-order chi connectivity index (χ1) is 10.0. The number of hydrogen-bond acceptors (Lipinski definition) is 5. The van der Waals surface area contributed by atoms with Gasteiger partial charge in [-0.2, -0.15) is 0 Å². The van der Waals surface area contributed by atoms with Gasteiger partial charge < -0.3 is 10.5 Å². The highest BCUT2D eigenvalue weighted by Gasteiger charge is 2.12. The number of nitrogens with zero attached hydrogens (tertiary/aromatic N) is 2. The number of rotatable bonds is 5. The van der Waals surface area contributed by atoms with Gasteiger partial charge in [0.2, 0.25) is 0 Å². The average Bonchev–Trinajstić information content (AvgIpc) is 2.49. The van der Waals surface area contributed by atoms with Crippen LogP contribution in [-0.4, -0.2) is 9.91 Å². The van der Waals surface area contributed by atoms with Crippen LogP contribution in [0.25, 0.3) is 0 Å². The van der Waals surface area contributed by atoms with Crippen molar-refractivity contribution in [2.24, 2.45) is 5.73 Å². The summed E-state index contributed by atoms with van der Waals surface area (Å²) in [5, 5.41) is 10.8. The van der Waals surface area contributed by atoms with Crippen LogP contribution in [0, 0.1) is 10.1 Å². The Balaban J connectivity index is 2.22. The molecule has 0 saturated carbocycles. The van der Waals surface area contributed by atoms with Crippen LogP contribution in [-0.2, 0) is 0 Å².